The zero-order chi connectivity index (χ0) is 20.3. The topological polar surface area (TPSA) is 45.7 Å². The van der Waals surface area contributed by atoms with Crippen molar-refractivity contribution < 1.29 is 9.53 Å². The molecule has 0 aliphatic heterocycles. The number of amides is 1. The summed E-state index contributed by atoms with van der Waals surface area (Å²) < 4.78 is 6.84. The first kappa shape index (κ1) is 20.3. The van der Waals surface area contributed by atoms with Gasteiger partial charge in [-0.2, -0.15) is 0 Å². The second-order valence-electron chi connectivity index (χ2n) is 7.30. The molecule has 1 amide bonds. The van der Waals surface area contributed by atoms with Crippen molar-refractivity contribution in [2.45, 2.75) is 20.8 Å². The molecule has 0 fully saturated rings. The van der Waals surface area contributed by atoms with Crippen LogP contribution >= 0.6 is 11.3 Å². The molecule has 1 aromatic heterocycles. The predicted molar refractivity (Wildman–Crippen MR) is 117 cm³/mol. The number of likely N-dealkylation sites (N-methyl/N-ethyl adjacent to an activating group) is 1. The van der Waals surface area contributed by atoms with Gasteiger partial charge in [0.05, 0.1) is 10.2 Å². The number of benzene rings is 2. The van der Waals surface area contributed by atoms with Gasteiger partial charge in [0.2, 0.25) is 0 Å². The molecular weight excluding hydrogens is 370 g/mol. The van der Waals surface area contributed by atoms with Gasteiger partial charge in [0.25, 0.3) is 5.91 Å². The molecule has 3 rings (SSSR count). The molecule has 0 spiro atoms. The number of hydrogen-bond acceptors (Lipinski definition) is 5. The summed E-state index contributed by atoms with van der Waals surface area (Å²) in [4.78, 5) is 21.6. The summed E-state index contributed by atoms with van der Waals surface area (Å²) in [5, 5.41) is 0.725. The summed E-state index contributed by atoms with van der Waals surface area (Å²) in [7, 11) is 4.00. The highest BCUT2D eigenvalue weighted by Crippen LogP contribution is 2.32. The van der Waals surface area contributed by atoms with Crippen molar-refractivity contribution in [1.82, 2.24) is 9.88 Å². The van der Waals surface area contributed by atoms with E-state index in [9.17, 15) is 4.79 Å². The van der Waals surface area contributed by atoms with Gasteiger partial charge in [-0.1, -0.05) is 29.5 Å². The molecule has 3 aromatic rings. The van der Waals surface area contributed by atoms with E-state index in [-0.39, 0.29) is 12.5 Å². The Morgan fingerprint density at radius 2 is 1.89 bits per heavy atom. The molecule has 0 radical (unpaired) electrons. The van der Waals surface area contributed by atoms with Crippen LogP contribution in [-0.2, 0) is 4.79 Å². The Labute approximate surface area is 170 Å². The molecule has 0 aliphatic rings. The summed E-state index contributed by atoms with van der Waals surface area (Å²) in [6, 6.07) is 11.9. The van der Waals surface area contributed by atoms with E-state index < -0.39 is 0 Å². The number of nitrogens with zero attached hydrogens (tertiary/aromatic N) is 3. The number of rotatable bonds is 7. The third-order valence-corrected chi connectivity index (χ3v) is 5.77. The van der Waals surface area contributed by atoms with Crippen LogP contribution in [-0.4, -0.2) is 49.6 Å². The van der Waals surface area contributed by atoms with Crippen molar-refractivity contribution in [3.05, 3.63) is 53.1 Å². The number of thiazole rings is 1. The minimum Gasteiger partial charge on any atom is -0.484 e. The first-order valence-electron chi connectivity index (χ1n) is 9.36. The zero-order valence-electron chi connectivity index (χ0n) is 17.2. The number of anilines is 1. The maximum Gasteiger partial charge on any atom is 0.266 e. The van der Waals surface area contributed by atoms with E-state index in [2.05, 4.69) is 30.9 Å². The third kappa shape index (κ3) is 4.69. The van der Waals surface area contributed by atoms with E-state index in [0.717, 1.165) is 33.0 Å². The number of aromatic nitrogens is 1. The van der Waals surface area contributed by atoms with E-state index in [4.69, 9.17) is 9.72 Å². The Morgan fingerprint density at radius 1 is 1.11 bits per heavy atom. The Morgan fingerprint density at radius 3 is 2.61 bits per heavy atom. The third-order valence-electron chi connectivity index (χ3n) is 4.73. The van der Waals surface area contributed by atoms with Gasteiger partial charge in [0, 0.05) is 13.1 Å². The van der Waals surface area contributed by atoms with Gasteiger partial charge in [-0.25, -0.2) is 4.98 Å². The molecule has 2 aromatic carbocycles. The number of ether oxygens (including phenoxy) is 1. The van der Waals surface area contributed by atoms with E-state index in [0.29, 0.717) is 12.3 Å². The molecule has 0 atom stereocenters. The fourth-order valence-corrected chi connectivity index (χ4v) is 3.95. The smallest absolute Gasteiger partial charge is 0.266 e. The average molecular weight is 398 g/mol. The standard InChI is InChI=1S/C22H27N3O2S/c1-15-7-6-8-18(13-15)27-14-20(26)25(12-11-24(4)5)22-23-21-17(3)16(2)9-10-19(21)28-22/h6-10,13H,11-12,14H2,1-5H3. The summed E-state index contributed by atoms with van der Waals surface area (Å²) in [5.41, 5.74) is 4.45. The summed E-state index contributed by atoms with van der Waals surface area (Å²) >= 11 is 1.55. The van der Waals surface area contributed by atoms with Gasteiger partial charge in [0.1, 0.15) is 5.75 Å². The lowest BCUT2D eigenvalue weighted by molar-refractivity contribution is -0.120. The average Bonchev–Trinajstić information content (AvgIpc) is 3.08. The van der Waals surface area contributed by atoms with Crippen LogP contribution in [0.15, 0.2) is 36.4 Å². The first-order valence-corrected chi connectivity index (χ1v) is 10.2. The van der Waals surface area contributed by atoms with Crippen LogP contribution in [0.5, 0.6) is 5.75 Å². The maximum absolute atomic E-state index is 13.0. The Hall–Kier alpha value is -2.44. The van der Waals surface area contributed by atoms with Crippen molar-refractivity contribution in [3.8, 4) is 5.75 Å². The summed E-state index contributed by atoms with van der Waals surface area (Å²) in [6.45, 7) is 7.48. The van der Waals surface area contributed by atoms with Crippen LogP contribution in [0.4, 0.5) is 5.13 Å². The van der Waals surface area contributed by atoms with Crippen LogP contribution in [0.25, 0.3) is 10.2 Å². The largest absolute Gasteiger partial charge is 0.484 e. The molecular formula is C22H27N3O2S. The number of carbonyl (C=O) groups is 1. The van der Waals surface area contributed by atoms with Crippen LogP contribution < -0.4 is 9.64 Å². The monoisotopic (exact) mass is 397 g/mol. The Bertz CT molecular complexity index is 981. The van der Waals surface area contributed by atoms with Gasteiger partial charge in [-0.05, 0) is 69.8 Å². The second kappa shape index (κ2) is 8.71. The first-order chi connectivity index (χ1) is 13.3. The molecule has 0 bridgehead atoms. The lowest BCUT2D eigenvalue weighted by Gasteiger charge is -2.22. The van der Waals surface area contributed by atoms with E-state index in [1.165, 1.54) is 5.56 Å². The van der Waals surface area contributed by atoms with Crippen molar-refractivity contribution >= 4 is 32.6 Å². The van der Waals surface area contributed by atoms with E-state index >= 15 is 0 Å². The molecule has 0 aliphatic carbocycles. The maximum atomic E-state index is 13.0. The molecule has 0 N–H and O–H groups in total. The number of carbonyl (C=O) groups excluding carboxylic acids is 1. The van der Waals surface area contributed by atoms with Gasteiger partial charge >= 0.3 is 0 Å². The molecule has 6 heteroatoms. The minimum absolute atomic E-state index is 0.00911. The van der Waals surface area contributed by atoms with Crippen molar-refractivity contribution in [1.29, 1.82) is 0 Å². The zero-order valence-corrected chi connectivity index (χ0v) is 18.0. The lowest BCUT2D eigenvalue weighted by atomic mass is 10.1. The van der Waals surface area contributed by atoms with Gasteiger partial charge < -0.3 is 9.64 Å². The highest BCUT2D eigenvalue weighted by atomic mass is 32.1. The lowest BCUT2D eigenvalue weighted by Crippen LogP contribution is -2.39. The predicted octanol–water partition coefficient (Wildman–Crippen LogP) is 4.20. The highest BCUT2D eigenvalue weighted by Gasteiger charge is 2.21. The Balaban J connectivity index is 1.83. The van der Waals surface area contributed by atoms with Crippen LogP contribution in [0.3, 0.4) is 0 Å². The number of aryl methyl sites for hydroxylation is 3. The summed E-state index contributed by atoms with van der Waals surface area (Å²) in [6.07, 6.45) is 0. The van der Waals surface area contributed by atoms with Crippen LogP contribution in [0.2, 0.25) is 0 Å². The van der Waals surface area contributed by atoms with Gasteiger partial charge in [0.15, 0.2) is 11.7 Å². The minimum atomic E-state index is -0.0863. The van der Waals surface area contributed by atoms with Crippen molar-refractivity contribution in [3.63, 3.8) is 0 Å². The molecule has 0 saturated heterocycles. The van der Waals surface area contributed by atoms with Crippen molar-refractivity contribution in [2.24, 2.45) is 0 Å². The van der Waals surface area contributed by atoms with E-state index in [1.807, 2.05) is 45.3 Å². The van der Waals surface area contributed by atoms with Gasteiger partial charge in [-0.3, -0.25) is 9.69 Å². The van der Waals surface area contributed by atoms with Crippen LogP contribution in [0, 0.1) is 20.8 Å². The molecule has 28 heavy (non-hydrogen) atoms. The molecule has 0 saturated carbocycles. The van der Waals surface area contributed by atoms with Crippen LogP contribution in [0.1, 0.15) is 16.7 Å². The Kier molecular flexibility index (Phi) is 6.31. The fraction of sp³-hybridized carbons (Fsp3) is 0.364. The second-order valence-corrected chi connectivity index (χ2v) is 8.31. The normalized spacial score (nSPS) is 11.2. The fourth-order valence-electron chi connectivity index (χ4n) is 2.88. The number of fused-ring (bicyclic) bond motifs is 1. The summed E-state index contributed by atoms with van der Waals surface area (Å²) in [5.74, 6) is 0.619. The molecule has 1 heterocycles. The highest BCUT2D eigenvalue weighted by molar-refractivity contribution is 7.22. The van der Waals surface area contributed by atoms with Gasteiger partial charge in [-0.15, -0.1) is 0 Å². The SMILES string of the molecule is Cc1cccc(OCC(=O)N(CCN(C)C)c2nc3c(C)c(C)ccc3s2)c1. The van der Waals surface area contributed by atoms with E-state index in [1.54, 1.807) is 16.2 Å². The quantitative estimate of drug-likeness (QED) is 0.600. The van der Waals surface area contributed by atoms with Crippen molar-refractivity contribution in [2.75, 3.05) is 38.7 Å². The molecule has 5 nitrogen and oxygen atoms in total. The molecule has 0 unspecified atom stereocenters. The molecule has 148 valence electrons. The number of hydrogen-bond donors (Lipinski definition) is 0.